The van der Waals surface area contributed by atoms with E-state index >= 15 is 4.79 Å². The van der Waals surface area contributed by atoms with Crippen molar-refractivity contribution in [3.8, 4) is 0 Å². The van der Waals surface area contributed by atoms with E-state index in [2.05, 4.69) is 68.8 Å². The van der Waals surface area contributed by atoms with Crippen molar-refractivity contribution in [2.45, 2.75) is 218 Å². The zero-order valence-corrected chi connectivity index (χ0v) is 67.1. The molecular weight excluding hydrogens is 1480 g/mol. The molecule has 13 atom stereocenters. The lowest BCUT2D eigenvalue weighted by Crippen LogP contribution is -2.61. The standard InChI is InChI=1S/C82H120N18O15/c1-9-50(8)70(82(115)93-61(71(87)104)38-47(2)3)100-76(109)58(33-23-37-84)90-68(103)45-89-73(106)62(39-48(4)5)94-77(110)63(41-52-26-15-11-16-27-52)95-74(107)59(32-21-22-36-83)91-80(113)66(46-101)98-78(111)64(42-53-28-17-12-18-29-53)96-79(112)65(43-54-44-88-57-31-20-19-30-55(54)57)97-75(108)60(34-35-67(86)102)92-81(114)69(49(6)7)99-72(105)56(85)40-51-24-13-10-14-25-51/h10-20,24-31,44,47-50,56,58-66,69-70,88,101H,9,21-23,32-43,45-46,83-85H2,1-8H3,(H2,86,102)(H2,87,104)(H,89,106)(H,90,103)(H,91,113)(H,92,114)(H,93,115)(H,94,110)(H,95,107)(H,96,112)(H,97,108)(H,98,111)(H,99,105)(H,100,109)/t50-,56-,58-,59-,60-,61-,62-,63-,64-,65-,66-,69-,70-/m0/s1. The van der Waals surface area contributed by atoms with Crippen LogP contribution in [-0.4, -0.2) is 192 Å². The molecule has 5 rings (SSSR count). The van der Waals surface area contributed by atoms with E-state index in [0.29, 0.717) is 40.4 Å². The van der Waals surface area contributed by atoms with Gasteiger partial charge in [0.2, 0.25) is 82.7 Å². The number of para-hydroxylation sites is 1. The Bertz CT molecular complexity index is 4020. The number of rotatable bonds is 51. The molecule has 0 aliphatic rings. The molecule has 0 radical (unpaired) electrons. The van der Waals surface area contributed by atoms with Gasteiger partial charge in [0.1, 0.15) is 66.5 Å². The van der Waals surface area contributed by atoms with Gasteiger partial charge in [-0.1, -0.05) is 171 Å². The summed E-state index contributed by atoms with van der Waals surface area (Å²) < 4.78 is 0. The molecule has 33 nitrogen and oxygen atoms in total. The summed E-state index contributed by atoms with van der Waals surface area (Å²) in [4.78, 5) is 200. The van der Waals surface area contributed by atoms with Crippen molar-refractivity contribution < 1.29 is 72.2 Å². The molecular formula is C82H120N18O15. The molecule has 1 aromatic heterocycles. The fourth-order valence-corrected chi connectivity index (χ4v) is 12.8. The molecule has 4 aromatic carbocycles. The number of nitrogens with one attached hydrogen (secondary N) is 13. The van der Waals surface area contributed by atoms with Crippen LogP contribution in [-0.2, 0) is 92.8 Å². The number of H-pyrrole nitrogens is 1. The van der Waals surface area contributed by atoms with Crippen LogP contribution >= 0.6 is 0 Å². The lowest BCUT2D eigenvalue weighted by molar-refractivity contribution is -0.136. The Morgan fingerprint density at radius 1 is 0.409 bits per heavy atom. The average molecular weight is 1600 g/mol. The molecule has 0 aliphatic heterocycles. The average Bonchev–Trinajstić information content (AvgIpc) is 1.71. The Kier molecular flexibility index (Phi) is 40.1. The van der Waals surface area contributed by atoms with Crippen molar-refractivity contribution in [2.24, 2.45) is 52.3 Å². The molecule has 1 heterocycles. The van der Waals surface area contributed by atoms with E-state index in [1.807, 2.05) is 26.8 Å². The van der Waals surface area contributed by atoms with Crippen LogP contribution in [0.4, 0.5) is 0 Å². The normalized spacial score (nSPS) is 14.7. The van der Waals surface area contributed by atoms with Crippen LogP contribution in [0.2, 0.25) is 0 Å². The number of nitrogens with two attached hydrogens (primary N) is 5. The number of unbranched alkanes of at least 4 members (excludes halogenated alkanes) is 1. The minimum atomic E-state index is -1.81. The summed E-state index contributed by atoms with van der Waals surface area (Å²) in [5.74, 6) is -12.9. The second kappa shape index (κ2) is 48.8. The van der Waals surface area contributed by atoms with Gasteiger partial charge in [0.25, 0.3) is 0 Å². The van der Waals surface area contributed by atoms with E-state index < -0.39 is 187 Å². The number of carbonyl (C=O) groups is 14. The summed E-state index contributed by atoms with van der Waals surface area (Å²) in [6, 6.07) is 16.7. The molecule has 628 valence electrons. The summed E-state index contributed by atoms with van der Waals surface area (Å²) in [6.07, 6.45) is 1.98. The predicted molar refractivity (Wildman–Crippen MR) is 434 cm³/mol. The highest BCUT2D eigenvalue weighted by Crippen LogP contribution is 2.21. The molecule has 0 saturated heterocycles. The van der Waals surface area contributed by atoms with E-state index in [1.165, 1.54) is 0 Å². The van der Waals surface area contributed by atoms with Gasteiger partial charge < -0.3 is 103 Å². The first-order chi connectivity index (χ1) is 54.7. The van der Waals surface area contributed by atoms with Gasteiger partial charge in [0, 0.05) is 42.8 Å². The maximum Gasteiger partial charge on any atom is 0.245 e. The predicted octanol–water partition coefficient (Wildman–Crippen LogP) is -0.380. The summed E-state index contributed by atoms with van der Waals surface area (Å²) in [7, 11) is 0. The Labute approximate surface area is 671 Å². The zero-order valence-electron chi connectivity index (χ0n) is 67.1. The van der Waals surface area contributed by atoms with Gasteiger partial charge in [0.15, 0.2) is 0 Å². The fourth-order valence-electron chi connectivity index (χ4n) is 12.8. The van der Waals surface area contributed by atoms with E-state index in [4.69, 9.17) is 28.7 Å². The number of fused-ring (bicyclic) bond motifs is 1. The fraction of sp³-hybridized carbons (Fsp3) is 0.512. The van der Waals surface area contributed by atoms with Crippen LogP contribution in [0.5, 0.6) is 0 Å². The van der Waals surface area contributed by atoms with Crippen molar-refractivity contribution in [3.05, 3.63) is 144 Å². The lowest BCUT2D eigenvalue weighted by atomic mass is 9.96. The smallest absolute Gasteiger partial charge is 0.245 e. The van der Waals surface area contributed by atoms with Gasteiger partial charge in [-0.25, -0.2) is 0 Å². The molecule has 5 aromatic rings. The van der Waals surface area contributed by atoms with Crippen LogP contribution in [0.3, 0.4) is 0 Å². The Hall–Kier alpha value is -11.2. The zero-order chi connectivity index (χ0) is 84.8. The van der Waals surface area contributed by atoms with Crippen molar-refractivity contribution in [3.63, 3.8) is 0 Å². The van der Waals surface area contributed by atoms with E-state index in [0.717, 1.165) is 5.56 Å². The Morgan fingerprint density at radius 3 is 1.32 bits per heavy atom. The number of aliphatic hydroxyl groups excluding tert-OH is 1. The van der Waals surface area contributed by atoms with E-state index in [1.54, 1.807) is 150 Å². The molecule has 0 saturated carbocycles. The van der Waals surface area contributed by atoms with Crippen molar-refractivity contribution in [1.82, 2.24) is 68.8 Å². The maximum atomic E-state index is 15.1. The second-order valence-electron chi connectivity index (χ2n) is 30.2. The second-order valence-corrected chi connectivity index (χ2v) is 30.2. The number of benzene rings is 4. The number of aliphatic hydroxyl groups is 1. The molecule has 0 bridgehead atoms. The number of hydrogen-bond acceptors (Lipinski definition) is 18. The minimum absolute atomic E-state index is 0.00272. The number of carbonyl (C=O) groups excluding carboxylic acids is 14. The number of aromatic nitrogens is 1. The Morgan fingerprint density at radius 2 is 0.817 bits per heavy atom. The monoisotopic (exact) mass is 1600 g/mol. The lowest BCUT2D eigenvalue weighted by Gasteiger charge is -2.28. The summed E-state index contributed by atoms with van der Waals surface area (Å²) in [5.41, 5.74) is 32.3. The number of amides is 14. The number of aromatic amines is 1. The molecule has 24 N–H and O–H groups in total. The minimum Gasteiger partial charge on any atom is -0.394 e. The van der Waals surface area contributed by atoms with Crippen molar-refractivity contribution in [1.29, 1.82) is 0 Å². The first-order valence-electron chi connectivity index (χ1n) is 39.4. The van der Waals surface area contributed by atoms with Gasteiger partial charge >= 0.3 is 0 Å². The first kappa shape index (κ1) is 94.4. The summed E-state index contributed by atoms with van der Waals surface area (Å²) >= 11 is 0. The number of primary amides is 2. The third-order valence-electron chi connectivity index (χ3n) is 19.4. The van der Waals surface area contributed by atoms with Gasteiger partial charge in [-0.15, -0.1) is 0 Å². The quantitative estimate of drug-likeness (QED) is 0.0221. The third kappa shape index (κ3) is 32.3. The summed E-state index contributed by atoms with van der Waals surface area (Å²) in [6.45, 7) is 12.8. The topological polar surface area (TPSA) is 549 Å². The third-order valence-corrected chi connectivity index (χ3v) is 19.4. The molecule has 33 heteroatoms. The van der Waals surface area contributed by atoms with Gasteiger partial charge in [0.05, 0.1) is 19.2 Å². The Balaban J connectivity index is 1.38. The van der Waals surface area contributed by atoms with Crippen molar-refractivity contribution in [2.75, 3.05) is 26.2 Å². The van der Waals surface area contributed by atoms with Crippen LogP contribution < -0.4 is 92.5 Å². The first-order valence-corrected chi connectivity index (χ1v) is 39.4. The van der Waals surface area contributed by atoms with Crippen LogP contribution in [0.1, 0.15) is 142 Å². The SMILES string of the molecule is CC[C@H](C)[C@H](NC(=O)[C@H](CCCN)NC(=O)CNC(=O)[C@H](CC(C)C)NC(=O)[C@H](Cc1ccccc1)NC(=O)[C@H](CCCCN)NC(=O)[C@H](CO)NC(=O)[C@H](Cc1ccccc1)NC(=O)[C@H](Cc1c[nH]c2ccccc12)NC(=O)[C@H](CCC(N)=O)NC(=O)[C@@H](NC(=O)[C@@H](N)Cc1ccccc1)C(C)C)C(=O)N[C@@H](CC(C)C)C(N)=O. The highest BCUT2D eigenvalue weighted by molar-refractivity contribution is 6.00. The highest BCUT2D eigenvalue weighted by atomic mass is 16.3. The molecule has 115 heavy (non-hydrogen) atoms. The largest absolute Gasteiger partial charge is 0.394 e. The maximum absolute atomic E-state index is 15.1. The highest BCUT2D eigenvalue weighted by Gasteiger charge is 2.38. The molecule has 0 aliphatic carbocycles. The summed E-state index contributed by atoms with van der Waals surface area (Å²) in [5, 5.41) is 43.6. The molecule has 14 amide bonds. The van der Waals surface area contributed by atoms with Crippen LogP contribution in [0, 0.1) is 23.7 Å². The van der Waals surface area contributed by atoms with E-state index in [-0.39, 0.29) is 95.6 Å². The molecule has 0 spiro atoms. The van der Waals surface area contributed by atoms with Crippen LogP contribution in [0.25, 0.3) is 10.9 Å². The van der Waals surface area contributed by atoms with Crippen molar-refractivity contribution >= 4 is 93.6 Å². The van der Waals surface area contributed by atoms with Gasteiger partial charge in [-0.2, -0.15) is 0 Å². The van der Waals surface area contributed by atoms with E-state index in [9.17, 15) is 67.4 Å². The van der Waals surface area contributed by atoms with Gasteiger partial charge in [-0.3, -0.25) is 67.1 Å². The molecule has 0 fully saturated rings. The molecule has 0 unspecified atom stereocenters. The number of hydrogen-bond donors (Lipinski definition) is 19. The van der Waals surface area contributed by atoms with Gasteiger partial charge in [-0.05, 0) is 123 Å². The van der Waals surface area contributed by atoms with Crippen LogP contribution in [0.15, 0.2) is 121 Å².